The summed E-state index contributed by atoms with van der Waals surface area (Å²) in [4.78, 5) is 24.7. The molecular weight excluding hydrogens is 1050 g/mol. The van der Waals surface area contributed by atoms with Gasteiger partial charge in [-0.3, -0.25) is 9.59 Å². The molecule has 1 N–H and O–H groups in total. The molecule has 0 aromatic rings. The summed E-state index contributed by atoms with van der Waals surface area (Å²) in [5.41, 5.74) is 0. The van der Waals surface area contributed by atoms with Crippen molar-refractivity contribution in [1.82, 2.24) is 0 Å². The molecule has 0 saturated heterocycles. The number of unbranched alkanes of at least 4 members (excludes halogenated alkanes) is 64. The Morgan fingerprint density at radius 3 is 0.686 bits per heavy atom. The fraction of sp³-hybridized carbons (Fsp3) is 0.926. The highest BCUT2D eigenvalue weighted by Crippen LogP contribution is 2.20. The van der Waals surface area contributed by atoms with Gasteiger partial charge in [0.1, 0.15) is 6.61 Å². The summed E-state index contributed by atoms with van der Waals surface area (Å²) in [7, 11) is 0. The van der Waals surface area contributed by atoms with E-state index in [0.717, 1.165) is 38.5 Å². The lowest BCUT2D eigenvalue weighted by atomic mass is 10.0. The van der Waals surface area contributed by atoms with Gasteiger partial charge < -0.3 is 14.6 Å². The van der Waals surface area contributed by atoms with Crippen LogP contribution in [0.4, 0.5) is 0 Å². The predicted octanol–water partition coefficient (Wildman–Crippen LogP) is 27.9. The molecule has 0 aliphatic carbocycles. The molecule has 0 spiro atoms. The Morgan fingerprint density at radius 1 is 0.267 bits per heavy atom. The number of ether oxygens (including phenoxy) is 2. The van der Waals surface area contributed by atoms with Crippen LogP contribution in [0.3, 0.4) is 0 Å². The summed E-state index contributed by atoms with van der Waals surface area (Å²) in [6.07, 6.45) is 103. The van der Waals surface area contributed by atoms with E-state index in [0.29, 0.717) is 12.8 Å². The molecule has 0 aliphatic rings. The quantitative estimate of drug-likeness (QED) is 0.0373. The van der Waals surface area contributed by atoms with Crippen molar-refractivity contribution >= 4 is 11.9 Å². The first kappa shape index (κ1) is 84.4. The summed E-state index contributed by atoms with van der Waals surface area (Å²) in [6, 6.07) is 0. The molecule has 0 fully saturated rings. The van der Waals surface area contributed by atoms with Crippen LogP contribution in [0.5, 0.6) is 0 Å². The minimum absolute atomic E-state index is 0.0577. The van der Waals surface area contributed by atoms with Gasteiger partial charge >= 0.3 is 11.9 Å². The molecule has 1 unspecified atom stereocenters. The van der Waals surface area contributed by atoms with Gasteiger partial charge in [-0.25, -0.2) is 0 Å². The maximum atomic E-state index is 12.4. The van der Waals surface area contributed by atoms with Crippen LogP contribution in [0.2, 0.25) is 0 Å². The Balaban J connectivity index is 3.34. The van der Waals surface area contributed by atoms with Gasteiger partial charge in [-0.2, -0.15) is 0 Å². The molecule has 0 rings (SSSR count). The summed E-state index contributed by atoms with van der Waals surface area (Å²) >= 11 is 0. The van der Waals surface area contributed by atoms with Crippen molar-refractivity contribution in [3.05, 3.63) is 24.3 Å². The van der Waals surface area contributed by atoms with Gasteiger partial charge in [0.05, 0.1) is 6.61 Å². The third kappa shape index (κ3) is 74.8. The second kappa shape index (κ2) is 77.6. The Hall–Kier alpha value is -1.62. The number of aliphatic hydroxyl groups excluding tert-OH is 1. The maximum Gasteiger partial charge on any atom is 0.306 e. The molecule has 0 saturated carbocycles. The van der Waals surface area contributed by atoms with Crippen molar-refractivity contribution in [2.24, 2.45) is 0 Å². The third-order valence-electron chi connectivity index (χ3n) is 18.7. The second-order valence-electron chi connectivity index (χ2n) is 27.5. The zero-order chi connectivity index (χ0) is 61.9. The molecule has 0 aliphatic heterocycles. The van der Waals surface area contributed by atoms with Gasteiger partial charge in [-0.05, 0) is 44.9 Å². The van der Waals surface area contributed by atoms with Crippen molar-refractivity contribution in [2.75, 3.05) is 13.2 Å². The number of allylic oxidation sites excluding steroid dienone is 4. The van der Waals surface area contributed by atoms with E-state index >= 15 is 0 Å². The fourth-order valence-corrected chi connectivity index (χ4v) is 12.8. The van der Waals surface area contributed by atoms with Gasteiger partial charge in [0, 0.05) is 12.8 Å². The molecule has 5 nitrogen and oxygen atoms in total. The smallest absolute Gasteiger partial charge is 0.306 e. The molecule has 0 radical (unpaired) electrons. The predicted molar refractivity (Wildman–Crippen MR) is 381 cm³/mol. The van der Waals surface area contributed by atoms with Crippen molar-refractivity contribution in [2.45, 2.75) is 469 Å². The Bertz CT molecular complexity index is 1320. The van der Waals surface area contributed by atoms with Crippen LogP contribution in [-0.2, 0) is 19.1 Å². The van der Waals surface area contributed by atoms with Crippen LogP contribution in [0.25, 0.3) is 0 Å². The molecule has 0 amide bonds. The highest BCUT2D eigenvalue weighted by molar-refractivity contribution is 5.70. The zero-order valence-corrected chi connectivity index (χ0v) is 58.9. The van der Waals surface area contributed by atoms with Crippen molar-refractivity contribution in [3.8, 4) is 0 Å². The summed E-state index contributed by atoms with van der Waals surface area (Å²) in [5, 5.41) is 9.72. The monoisotopic (exact) mass is 1210 g/mol. The third-order valence-corrected chi connectivity index (χ3v) is 18.7. The van der Waals surface area contributed by atoms with Crippen molar-refractivity contribution < 1.29 is 24.2 Å². The second-order valence-corrected chi connectivity index (χ2v) is 27.5. The molecule has 0 bridgehead atoms. The minimum atomic E-state index is -0.769. The normalized spacial score (nSPS) is 12.2. The molecule has 0 heterocycles. The lowest BCUT2D eigenvalue weighted by Crippen LogP contribution is -2.28. The standard InChI is InChI=1S/C81H156O5/c1-3-5-7-9-11-13-15-17-19-21-23-25-27-29-31-33-35-36-37-38-39-40-41-42-43-44-46-47-49-51-53-55-57-59-61-63-65-67-69-71-73-75-80(83)85-78-79(77-82)86-81(84)76-74-72-70-68-66-64-62-60-58-56-54-52-50-48-45-34-32-30-28-26-24-22-20-18-16-14-12-10-8-6-4-2/h16,18,22,24,79,82H,3-15,17,19-21,23,25-78H2,1-2H3/b18-16-,24-22-. The van der Waals surface area contributed by atoms with Gasteiger partial charge in [-0.1, -0.05) is 430 Å². The molecular formula is C81H156O5. The van der Waals surface area contributed by atoms with Gasteiger partial charge in [0.2, 0.25) is 0 Å². The number of carbonyl (C=O) groups excluding carboxylic acids is 2. The lowest BCUT2D eigenvalue weighted by Gasteiger charge is -2.15. The van der Waals surface area contributed by atoms with Gasteiger partial charge in [0.25, 0.3) is 0 Å². The van der Waals surface area contributed by atoms with Crippen LogP contribution >= 0.6 is 0 Å². The topological polar surface area (TPSA) is 72.8 Å². The maximum absolute atomic E-state index is 12.4. The Kier molecular flexibility index (Phi) is 76.2. The molecule has 510 valence electrons. The Labute approximate surface area is 540 Å². The first-order chi connectivity index (χ1) is 42.6. The Morgan fingerprint density at radius 2 is 0.465 bits per heavy atom. The largest absolute Gasteiger partial charge is 0.462 e. The van der Waals surface area contributed by atoms with Crippen molar-refractivity contribution in [1.29, 1.82) is 0 Å². The van der Waals surface area contributed by atoms with Gasteiger partial charge in [0.15, 0.2) is 6.10 Å². The summed E-state index contributed by atoms with van der Waals surface area (Å²) in [5.74, 6) is -0.561. The molecule has 1 atom stereocenters. The van der Waals surface area contributed by atoms with Crippen LogP contribution in [-0.4, -0.2) is 36.4 Å². The lowest BCUT2D eigenvalue weighted by molar-refractivity contribution is -0.161. The average Bonchev–Trinajstić information content (AvgIpc) is 3.55. The van der Waals surface area contributed by atoms with E-state index in [1.54, 1.807) is 0 Å². The van der Waals surface area contributed by atoms with Crippen LogP contribution in [0.15, 0.2) is 24.3 Å². The number of rotatable bonds is 76. The highest BCUT2D eigenvalue weighted by atomic mass is 16.6. The van der Waals surface area contributed by atoms with Crippen LogP contribution < -0.4 is 0 Å². The van der Waals surface area contributed by atoms with E-state index in [-0.39, 0.29) is 25.2 Å². The first-order valence-electron chi connectivity index (χ1n) is 39.9. The molecule has 0 aromatic carbocycles. The zero-order valence-electron chi connectivity index (χ0n) is 58.9. The van der Waals surface area contributed by atoms with E-state index in [1.165, 1.54) is 398 Å². The number of hydrogen-bond acceptors (Lipinski definition) is 5. The number of hydrogen-bond donors (Lipinski definition) is 1. The number of carbonyl (C=O) groups is 2. The van der Waals surface area contributed by atoms with E-state index in [4.69, 9.17) is 9.47 Å². The van der Waals surface area contributed by atoms with Gasteiger partial charge in [-0.15, -0.1) is 0 Å². The fourth-order valence-electron chi connectivity index (χ4n) is 12.8. The number of esters is 2. The number of aliphatic hydroxyl groups is 1. The van der Waals surface area contributed by atoms with Crippen LogP contribution in [0.1, 0.15) is 463 Å². The summed E-state index contributed by atoms with van der Waals surface area (Å²) in [6.45, 7) is 4.21. The van der Waals surface area contributed by atoms with Crippen molar-refractivity contribution in [3.63, 3.8) is 0 Å². The van der Waals surface area contributed by atoms with E-state index in [2.05, 4.69) is 38.2 Å². The molecule has 0 aromatic heterocycles. The minimum Gasteiger partial charge on any atom is -0.462 e. The van der Waals surface area contributed by atoms with E-state index in [1.807, 2.05) is 0 Å². The highest BCUT2D eigenvalue weighted by Gasteiger charge is 2.16. The van der Waals surface area contributed by atoms with Crippen LogP contribution in [0, 0.1) is 0 Å². The summed E-state index contributed by atoms with van der Waals surface area (Å²) < 4.78 is 10.8. The molecule has 86 heavy (non-hydrogen) atoms. The van der Waals surface area contributed by atoms with E-state index < -0.39 is 6.10 Å². The first-order valence-corrected chi connectivity index (χ1v) is 39.9. The average molecular weight is 1210 g/mol. The molecule has 5 heteroatoms. The SMILES string of the molecule is CCCCCCC/C=C\C/C=C\CCCCCCCCCCCCCCCCCCCCCC(=O)OC(CO)COC(=O)CCCCCCCCCCCCCCCCCCCCCCCCCCCCCCCCCCCCCCCCCCC. The van der Waals surface area contributed by atoms with E-state index in [9.17, 15) is 14.7 Å².